The Morgan fingerprint density at radius 3 is 2.43 bits per heavy atom. The molecule has 4 nitrogen and oxygen atoms in total. The highest BCUT2D eigenvalue weighted by molar-refractivity contribution is 6.36. The van der Waals surface area contributed by atoms with Crippen LogP contribution in [-0.2, 0) is 4.79 Å². The molecule has 1 aromatic carbocycles. The molecule has 1 rings (SSSR count). The van der Waals surface area contributed by atoms with E-state index in [2.05, 4.69) is 0 Å². The van der Waals surface area contributed by atoms with Crippen LogP contribution in [0.15, 0.2) is 12.1 Å². The minimum Gasteiger partial charge on any atom is -0.481 e. The van der Waals surface area contributed by atoms with Crippen LogP contribution in [0.3, 0.4) is 0 Å². The minimum absolute atomic E-state index is 0.0235. The quantitative estimate of drug-likeness (QED) is 0.806. The van der Waals surface area contributed by atoms with Gasteiger partial charge in [-0.3, -0.25) is 9.59 Å². The Balaban J connectivity index is 3.03. The van der Waals surface area contributed by atoms with Gasteiger partial charge in [-0.25, -0.2) is 4.39 Å². The predicted molar refractivity (Wildman–Crippen MR) is 79.4 cm³/mol. The predicted octanol–water partition coefficient (Wildman–Crippen LogP) is 3.71. The van der Waals surface area contributed by atoms with Gasteiger partial charge in [0, 0.05) is 13.1 Å². The van der Waals surface area contributed by atoms with Crippen molar-refractivity contribution in [3.63, 3.8) is 0 Å². The van der Waals surface area contributed by atoms with Gasteiger partial charge in [0.2, 0.25) is 0 Å². The fourth-order valence-corrected chi connectivity index (χ4v) is 2.27. The van der Waals surface area contributed by atoms with Gasteiger partial charge in [0.25, 0.3) is 5.91 Å². The third-order valence-corrected chi connectivity index (χ3v) is 3.31. The zero-order valence-corrected chi connectivity index (χ0v) is 13.2. The summed E-state index contributed by atoms with van der Waals surface area (Å²) in [6, 6.07) is 2.14. The van der Waals surface area contributed by atoms with Crippen LogP contribution in [0.25, 0.3) is 0 Å². The van der Waals surface area contributed by atoms with Crippen LogP contribution in [0.2, 0.25) is 10.0 Å². The van der Waals surface area contributed by atoms with Gasteiger partial charge < -0.3 is 10.0 Å². The third kappa shape index (κ3) is 5.17. The van der Waals surface area contributed by atoms with Crippen molar-refractivity contribution in [2.45, 2.75) is 20.3 Å². The average Bonchev–Trinajstić information content (AvgIpc) is 2.37. The van der Waals surface area contributed by atoms with Crippen molar-refractivity contribution in [2.24, 2.45) is 5.92 Å². The van der Waals surface area contributed by atoms with Crippen LogP contribution < -0.4 is 0 Å². The topological polar surface area (TPSA) is 57.6 Å². The Hall–Kier alpha value is -1.33. The summed E-state index contributed by atoms with van der Waals surface area (Å²) >= 11 is 11.5. The number of nitrogens with zero attached hydrogens (tertiary/aromatic N) is 1. The van der Waals surface area contributed by atoms with E-state index in [1.807, 2.05) is 13.8 Å². The van der Waals surface area contributed by atoms with Crippen molar-refractivity contribution in [1.29, 1.82) is 0 Å². The number of hydrogen-bond donors (Lipinski definition) is 1. The number of aliphatic carboxylic acids is 1. The summed E-state index contributed by atoms with van der Waals surface area (Å²) in [7, 11) is 0. The first-order valence-corrected chi connectivity index (χ1v) is 7.13. The van der Waals surface area contributed by atoms with Gasteiger partial charge in [-0.2, -0.15) is 0 Å². The van der Waals surface area contributed by atoms with Gasteiger partial charge in [-0.05, 0) is 18.1 Å². The Kier molecular flexibility index (Phi) is 6.42. The third-order valence-electron chi connectivity index (χ3n) is 2.71. The molecule has 0 unspecified atom stereocenters. The van der Waals surface area contributed by atoms with Crippen LogP contribution in [0, 0.1) is 11.7 Å². The molecule has 7 heteroatoms. The second-order valence-corrected chi connectivity index (χ2v) is 5.85. The van der Waals surface area contributed by atoms with Crippen molar-refractivity contribution < 1.29 is 19.1 Å². The van der Waals surface area contributed by atoms with Crippen LogP contribution in [0.1, 0.15) is 30.6 Å². The van der Waals surface area contributed by atoms with Gasteiger partial charge in [0.05, 0.1) is 22.0 Å². The lowest BCUT2D eigenvalue weighted by molar-refractivity contribution is -0.137. The zero-order chi connectivity index (χ0) is 16.2. The fraction of sp³-hybridized carbons (Fsp3) is 0.429. The number of hydrogen-bond acceptors (Lipinski definition) is 2. The molecule has 0 spiro atoms. The largest absolute Gasteiger partial charge is 0.481 e. The minimum atomic E-state index is -1.01. The lowest BCUT2D eigenvalue weighted by Gasteiger charge is -2.24. The first-order chi connectivity index (χ1) is 9.72. The Bertz CT molecular complexity index is 549. The number of halogens is 3. The van der Waals surface area contributed by atoms with E-state index in [1.165, 1.54) is 4.90 Å². The molecule has 0 heterocycles. The summed E-state index contributed by atoms with van der Waals surface area (Å²) in [6.07, 6.45) is -0.188. The summed E-state index contributed by atoms with van der Waals surface area (Å²) in [4.78, 5) is 24.4. The van der Waals surface area contributed by atoms with Crippen LogP contribution in [-0.4, -0.2) is 35.0 Å². The van der Waals surface area contributed by atoms with E-state index in [0.29, 0.717) is 6.54 Å². The van der Waals surface area contributed by atoms with E-state index >= 15 is 0 Å². The van der Waals surface area contributed by atoms with Crippen molar-refractivity contribution in [1.82, 2.24) is 4.90 Å². The molecule has 0 saturated carbocycles. The Labute approximate surface area is 132 Å². The number of carbonyl (C=O) groups excluding carboxylic acids is 1. The van der Waals surface area contributed by atoms with Crippen molar-refractivity contribution >= 4 is 35.1 Å². The molecule has 1 amide bonds. The highest BCUT2D eigenvalue weighted by Gasteiger charge is 2.21. The van der Waals surface area contributed by atoms with Crippen molar-refractivity contribution in [3.8, 4) is 0 Å². The van der Waals surface area contributed by atoms with Gasteiger partial charge in [-0.15, -0.1) is 0 Å². The maximum Gasteiger partial charge on any atom is 0.305 e. The molecule has 1 N–H and O–H groups in total. The fourth-order valence-electron chi connectivity index (χ4n) is 1.80. The molecular formula is C14H16Cl2FNO3. The SMILES string of the molecule is CC(C)CN(CCC(=O)O)C(=O)c1cc(F)c(Cl)cc1Cl. The summed E-state index contributed by atoms with van der Waals surface area (Å²) in [5, 5.41) is 8.61. The van der Waals surface area contributed by atoms with Gasteiger partial charge in [0.15, 0.2) is 0 Å². The van der Waals surface area contributed by atoms with E-state index in [4.69, 9.17) is 28.3 Å². The van der Waals surface area contributed by atoms with E-state index in [9.17, 15) is 14.0 Å². The molecule has 0 radical (unpaired) electrons. The molecule has 0 bridgehead atoms. The van der Waals surface area contributed by atoms with Gasteiger partial charge in [-0.1, -0.05) is 37.0 Å². The lowest BCUT2D eigenvalue weighted by atomic mass is 10.1. The summed E-state index contributed by atoms with van der Waals surface area (Å²) < 4.78 is 13.5. The van der Waals surface area contributed by atoms with Crippen LogP contribution in [0.5, 0.6) is 0 Å². The molecule has 0 aliphatic heterocycles. The zero-order valence-electron chi connectivity index (χ0n) is 11.7. The van der Waals surface area contributed by atoms with E-state index in [0.717, 1.165) is 12.1 Å². The molecule has 21 heavy (non-hydrogen) atoms. The first-order valence-electron chi connectivity index (χ1n) is 6.38. The van der Waals surface area contributed by atoms with E-state index in [1.54, 1.807) is 0 Å². The van der Waals surface area contributed by atoms with Gasteiger partial charge in [0.1, 0.15) is 5.82 Å². The van der Waals surface area contributed by atoms with E-state index in [-0.39, 0.29) is 34.5 Å². The molecule has 0 aliphatic carbocycles. The Morgan fingerprint density at radius 2 is 1.90 bits per heavy atom. The van der Waals surface area contributed by atoms with Crippen molar-refractivity contribution in [2.75, 3.05) is 13.1 Å². The second kappa shape index (κ2) is 7.61. The number of benzene rings is 1. The van der Waals surface area contributed by atoms with Crippen LogP contribution in [0.4, 0.5) is 4.39 Å². The number of carboxylic acids is 1. The highest BCUT2D eigenvalue weighted by Crippen LogP contribution is 2.25. The number of carbonyl (C=O) groups is 2. The summed E-state index contributed by atoms with van der Waals surface area (Å²) in [5.74, 6) is -2.12. The molecule has 0 aromatic heterocycles. The number of amides is 1. The second-order valence-electron chi connectivity index (χ2n) is 5.03. The molecule has 1 aromatic rings. The smallest absolute Gasteiger partial charge is 0.305 e. The standard InChI is InChI=1S/C14H16Cl2FNO3/c1-8(2)7-18(4-3-13(19)20)14(21)9-5-12(17)11(16)6-10(9)15/h5-6,8H,3-4,7H2,1-2H3,(H,19,20). The molecule has 0 saturated heterocycles. The number of carboxylic acid groups (broad SMARTS) is 1. The summed E-state index contributed by atoms with van der Waals surface area (Å²) in [6.45, 7) is 4.18. The maximum atomic E-state index is 13.5. The van der Waals surface area contributed by atoms with Crippen LogP contribution >= 0.6 is 23.2 Å². The highest BCUT2D eigenvalue weighted by atomic mass is 35.5. The van der Waals surface area contributed by atoms with E-state index < -0.39 is 17.7 Å². The molecule has 0 aliphatic rings. The summed E-state index contributed by atoms with van der Waals surface area (Å²) in [5.41, 5.74) is -0.0235. The monoisotopic (exact) mass is 335 g/mol. The molecule has 0 atom stereocenters. The normalized spacial score (nSPS) is 10.8. The number of rotatable bonds is 6. The molecule has 116 valence electrons. The van der Waals surface area contributed by atoms with Gasteiger partial charge >= 0.3 is 5.97 Å². The molecular weight excluding hydrogens is 320 g/mol. The maximum absolute atomic E-state index is 13.5. The molecule has 0 fully saturated rings. The average molecular weight is 336 g/mol. The first kappa shape index (κ1) is 17.7. The Morgan fingerprint density at radius 1 is 1.29 bits per heavy atom. The van der Waals surface area contributed by atoms with Crippen molar-refractivity contribution in [3.05, 3.63) is 33.6 Å². The lowest BCUT2D eigenvalue weighted by Crippen LogP contribution is -2.36.